The van der Waals surface area contributed by atoms with Crippen LogP contribution in [0.1, 0.15) is 46.0 Å². The van der Waals surface area contributed by atoms with E-state index in [9.17, 15) is 0 Å². The maximum absolute atomic E-state index is 6.16. The largest absolute Gasteiger partial charge is 0.384 e. The summed E-state index contributed by atoms with van der Waals surface area (Å²) >= 11 is 0. The van der Waals surface area contributed by atoms with Crippen LogP contribution in [0.3, 0.4) is 0 Å². The molecule has 3 nitrogen and oxygen atoms in total. The van der Waals surface area contributed by atoms with Crippen LogP contribution in [0.25, 0.3) is 0 Å². The molecule has 1 atom stereocenters. The summed E-state index contributed by atoms with van der Waals surface area (Å²) in [5.41, 5.74) is 0.353. The Morgan fingerprint density at radius 3 is 2.71 bits per heavy atom. The maximum atomic E-state index is 6.16. The second-order valence-corrected chi connectivity index (χ2v) is 6.43. The lowest BCUT2D eigenvalue weighted by Crippen LogP contribution is -2.58. The van der Waals surface area contributed by atoms with E-state index in [2.05, 4.69) is 19.2 Å². The van der Waals surface area contributed by atoms with Crippen molar-refractivity contribution in [2.45, 2.75) is 57.6 Å². The van der Waals surface area contributed by atoms with E-state index in [1.807, 2.05) is 0 Å². The second-order valence-electron chi connectivity index (χ2n) is 6.43. The molecule has 2 fully saturated rings. The summed E-state index contributed by atoms with van der Waals surface area (Å²) in [5.74, 6) is 0. The van der Waals surface area contributed by atoms with E-state index in [0.29, 0.717) is 6.04 Å². The standard InChI is InChI=1S/C14H27NO2/c1-13(2,11-16-3)10-12-14(6-4-5-7-14)17-9-8-15-12/h12,15H,4-11H2,1-3H3. The van der Waals surface area contributed by atoms with Gasteiger partial charge in [-0.2, -0.15) is 0 Å². The molecule has 1 unspecified atom stereocenters. The van der Waals surface area contributed by atoms with E-state index in [0.717, 1.165) is 26.2 Å². The predicted octanol–water partition coefficient (Wildman–Crippen LogP) is 2.35. The maximum Gasteiger partial charge on any atom is 0.0835 e. The van der Waals surface area contributed by atoms with Gasteiger partial charge in [-0.3, -0.25) is 0 Å². The summed E-state index contributed by atoms with van der Waals surface area (Å²) in [5, 5.41) is 3.69. The highest BCUT2D eigenvalue weighted by atomic mass is 16.5. The van der Waals surface area contributed by atoms with E-state index >= 15 is 0 Å². The molecule has 1 saturated carbocycles. The van der Waals surface area contributed by atoms with Crippen LogP contribution >= 0.6 is 0 Å². The molecule has 0 aromatic heterocycles. The third kappa shape index (κ3) is 3.01. The van der Waals surface area contributed by atoms with Crippen molar-refractivity contribution in [2.24, 2.45) is 5.41 Å². The van der Waals surface area contributed by atoms with Crippen LogP contribution in [-0.4, -0.2) is 38.5 Å². The third-order valence-corrected chi connectivity index (χ3v) is 4.26. The Morgan fingerprint density at radius 2 is 2.06 bits per heavy atom. The Hall–Kier alpha value is -0.120. The monoisotopic (exact) mass is 241 g/mol. The fourth-order valence-electron chi connectivity index (χ4n) is 3.50. The van der Waals surface area contributed by atoms with Crippen molar-refractivity contribution in [3.8, 4) is 0 Å². The van der Waals surface area contributed by atoms with Gasteiger partial charge in [-0.05, 0) is 24.7 Å². The molecule has 100 valence electrons. The summed E-state index contributed by atoms with van der Waals surface area (Å²) in [6.45, 7) is 7.27. The number of hydrogen-bond acceptors (Lipinski definition) is 3. The van der Waals surface area contributed by atoms with Gasteiger partial charge in [0.05, 0.1) is 18.8 Å². The number of methoxy groups -OCH3 is 1. The Kier molecular flexibility index (Phi) is 4.11. The molecule has 0 radical (unpaired) electrons. The minimum Gasteiger partial charge on any atom is -0.384 e. The molecule has 1 heterocycles. The highest BCUT2D eigenvalue weighted by Gasteiger charge is 2.45. The van der Waals surface area contributed by atoms with Gasteiger partial charge in [0.2, 0.25) is 0 Å². The topological polar surface area (TPSA) is 30.5 Å². The Balaban J connectivity index is 2.01. The first-order valence-electron chi connectivity index (χ1n) is 6.94. The van der Waals surface area contributed by atoms with Gasteiger partial charge in [0.1, 0.15) is 0 Å². The minimum absolute atomic E-state index is 0.128. The van der Waals surface area contributed by atoms with E-state index < -0.39 is 0 Å². The van der Waals surface area contributed by atoms with Crippen LogP contribution in [0.4, 0.5) is 0 Å². The van der Waals surface area contributed by atoms with Gasteiger partial charge in [-0.15, -0.1) is 0 Å². The first-order valence-corrected chi connectivity index (χ1v) is 6.94. The highest BCUT2D eigenvalue weighted by molar-refractivity contribution is 5.00. The molecule has 0 aromatic carbocycles. The van der Waals surface area contributed by atoms with E-state index in [1.165, 1.54) is 25.7 Å². The number of rotatable bonds is 4. The van der Waals surface area contributed by atoms with Crippen molar-refractivity contribution in [1.82, 2.24) is 5.32 Å². The van der Waals surface area contributed by atoms with Crippen molar-refractivity contribution in [2.75, 3.05) is 26.9 Å². The fourth-order valence-corrected chi connectivity index (χ4v) is 3.50. The summed E-state index contributed by atoms with van der Waals surface area (Å²) in [6.07, 6.45) is 6.24. The summed E-state index contributed by atoms with van der Waals surface area (Å²) < 4.78 is 11.5. The first kappa shape index (κ1) is 13.3. The number of hydrogen-bond donors (Lipinski definition) is 1. The Bertz CT molecular complexity index is 247. The molecule has 1 N–H and O–H groups in total. The predicted molar refractivity (Wildman–Crippen MR) is 69.2 cm³/mol. The Labute approximate surface area is 105 Å². The van der Waals surface area contributed by atoms with Crippen LogP contribution < -0.4 is 5.32 Å². The van der Waals surface area contributed by atoms with Crippen molar-refractivity contribution >= 4 is 0 Å². The zero-order valence-corrected chi connectivity index (χ0v) is 11.6. The summed E-state index contributed by atoms with van der Waals surface area (Å²) in [7, 11) is 1.79. The summed E-state index contributed by atoms with van der Waals surface area (Å²) in [6, 6.07) is 0.504. The van der Waals surface area contributed by atoms with E-state index in [4.69, 9.17) is 9.47 Å². The molecular weight excluding hydrogens is 214 g/mol. The lowest BCUT2D eigenvalue weighted by Gasteiger charge is -2.45. The van der Waals surface area contributed by atoms with Crippen molar-refractivity contribution < 1.29 is 9.47 Å². The minimum atomic E-state index is 0.128. The third-order valence-electron chi connectivity index (χ3n) is 4.26. The van der Waals surface area contributed by atoms with Gasteiger partial charge < -0.3 is 14.8 Å². The molecule has 1 spiro atoms. The lowest BCUT2D eigenvalue weighted by atomic mass is 9.78. The molecule has 0 aromatic rings. The number of morpholine rings is 1. The first-order chi connectivity index (χ1) is 8.08. The lowest BCUT2D eigenvalue weighted by molar-refractivity contribution is -0.103. The molecule has 3 heteroatoms. The van der Waals surface area contributed by atoms with E-state index in [1.54, 1.807) is 7.11 Å². The zero-order chi connectivity index (χ0) is 12.4. The molecule has 1 saturated heterocycles. The van der Waals surface area contributed by atoms with Gasteiger partial charge in [0, 0.05) is 19.7 Å². The average Bonchev–Trinajstić information content (AvgIpc) is 2.71. The van der Waals surface area contributed by atoms with Crippen molar-refractivity contribution in [1.29, 1.82) is 0 Å². The summed E-state index contributed by atoms with van der Waals surface area (Å²) in [4.78, 5) is 0. The van der Waals surface area contributed by atoms with Crippen LogP contribution in [0.15, 0.2) is 0 Å². The van der Waals surface area contributed by atoms with Crippen LogP contribution in [0, 0.1) is 5.41 Å². The van der Waals surface area contributed by atoms with Crippen LogP contribution in [0.5, 0.6) is 0 Å². The molecule has 0 bridgehead atoms. The Morgan fingerprint density at radius 1 is 1.35 bits per heavy atom. The highest BCUT2D eigenvalue weighted by Crippen LogP contribution is 2.41. The molecule has 2 aliphatic rings. The van der Waals surface area contributed by atoms with Gasteiger partial charge in [-0.25, -0.2) is 0 Å². The molecule has 1 aliphatic carbocycles. The smallest absolute Gasteiger partial charge is 0.0835 e. The van der Waals surface area contributed by atoms with Crippen LogP contribution in [-0.2, 0) is 9.47 Å². The number of ether oxygens (including phenoxy) is 2. The number of nitrogens with one attached hydrogen (secondary N) is 1. The molecule has 1 aliphatic heterocycles. The van der Waals surface area contributed by atoms with Crippen molar-refractivity contribution in [3.05, 3.63) is 0 Å². The van der Waals surface area contributed by atoms with Gasteiger partial charge >= 0.3 is 0 Å². The van der Waals surface area contributed by atoms with Gasteiger partial charge in [0.15, 0.2) is 0 Å². The van der Waals surface area contributed by atoms with Gasteiger partial charge in [0.25, 0.3) is 0 Å². The average molecular weight is 241 g/mol. The normalized spacial score (nSPS) is 28.8. The quantitative estimate of drug-likeness (QED) is 0.819. The van der Waals surface area contributed by atoms with Crippen molar-refractivity contribution in [3.63, 3.8) is 0 Å². The molecule has 17 heavy (non-hydrogen) atoms. The van der Waals surface area contributed by atoms with Gasteiger partial charge in [-0.1, -0.05) is 26.7 Å². The van der Waals surface area contributed by atoms with Crippen LogP contribution in [0.2, 0.25) is 0 Å². The fraction of sp³-hybridized carbons (Fsp3) is 1.00. The molecule has 0 amide bonds. The molecular formula is C14H27NO2. The zero-order valence-electron chi connectivity index (χ0n) is 11.6. The second kappa shape index (κ2) is 5.25. The van der Waals surface area contributed by atoms with E-state index in [-0.39, 0.29) is 11.0 Å². The SMILES string of the molecule is COCC(C)(C)CC1NCCOC12CCCC2. The molecule has 2 rings (SSSR count).